The summed E-state index contributed by atoms with van der Waals surface area (Å²) >= 11 is 0. The molecule has 0 bridgehead atoms. The molecule has 4 rings (SSSR count). The van der Waals surface area contributed by atoms with Crippen molar-refractivity contribution >= 4 is 11.7 Å². The zero-order chi connectivity index (χ0) is 21.6. The highest BCUT2D eigenvalue weighted by Gasteiger charge is 2.32. The van der Waals surface area contributed by atoms with Crippen LogP contribution in [0.4, 0.5) is 5.82 Å². The average molecular weight is 427 g/mol. The molecular weight excluding hydrogens is 392 g/mol. The minimum atomic E-state index is 0.0160. The third kappa shape index (κ3) is 5.06. The van der Waals surface area contributed by atoms with Crippen molar-refractivity contribution < 1.29 is 9.32 Å². The molecule has 31 heavy (non-hydrogen) atoms. The lowest BCUT2D eigenvalue weighted by Crippen LogP contribution is -2.52. The van der Waals surface area contributed by atoms with Crippen molar-refractivity contribution in [2.75, 3.05) is 50.7 Å². The zero-order valence-electron chi connectivity index (χ0n) is 18.8. The molecular formula is C23H34N6O2. The lowest BCUT2D eigenvalue weighted by atomic mass is 9.95. The van der Waals surface area contributed by atoms with Gasteiger partial charge in [0, 0.05) is 51.9 Å². The third-order valence-electron chi connectivity index (χ3n) is 6.38. The van der Waals surface area contributed by atoms with Gasteiger partial charge in [-0.3, -0.25) is 9.69 Å². The van der Waals surface area contributed by atoms with Gasteiger partial charge in [-0.25, -0.2) is 4.98 Å². The van der Waals surface area contributed by atoms with Gasteiger partial charge in [-0.15, -0.1) is 0 Å². The number of aryl methyl sites for hydroxylation is 1. The lowest BCUT2D eigenvalue weighted by Gasteiger charge is -2.39. The van der Waals surface area contributed by atoms with Crippen LogP contribution >= 0.6 is 0 Å². The van der Waals surface area contributed by atoms with Gasteiger partial charge >= 0.3 is 0 Å². The largest absolute Gasteiger partial charge is 0.355 e. The molecule has 2 aliphatic rings. The van der Waals surface area contributed by atoms with Gasteiger partial charge in [0.2, 0.25) is 17.6 Å². The number of carbonyl (C=O) groups excluding carboxylic acids is 1. The Balaban J connectivity index is 1.42. The van der Waals surface area contributed by atoms with Crippen LogP contribution in [0.2, 0.25) is 0 Å². The Morgan fingerprint density at radius 1 is 1.19 bits per heavy atom. The Morgan fingerprint density at radius 2 is 2.03 bits per heavy atom. The first-order chi connectivity index (χ1) is 15.2. The molecule has 0 N–H and O–H groups in total. The number of hydrogen-bond acceptors (Lipinski definition) is 7. The number of nitrogens with zero attached hydrogens (tertiary/aromatic N) is 6. The van der Waals surface area contributed by atoms with Gasteiger partial charge in [-0.05, 0) is 37.9 Å². The quantitative estimate of drug-likeness (QED) is 0.674. The van der Waals surface area contributed by atoms with Gasteiger partial charge in [0.05, 0.1) is 11.5 Å². The predicted molar refractivity (Wildman–Crippen MR) is 120 cm³/mol. The van der Waals surface area contributed by atoms with E-state index in [2.05, 4.69) is 36.7 Å². The number of pyridine rings is 1. The molecule has 8 heteroatoms. The molecule has 168 valence electrons. The lowest BCUT2D eigenvalue weighted by molar-refractivity contribution is -0.137. The maximum absolute atomic E-state index is 13.3. The minimum Gasteiger partial charge on any atom is -0.355 e. The van der Waals surface area contributed by atoms with Crippen molar-refractivity contribution in [2.45, 2.75) is 46.0 Å². The fourth-order valence-corrected chi connectivity index (χ4v) is 4.53. The van der Waals surface area contributed by atoms with E-state index in [1.54, 1.807) is 6.20 Å². The SMILES string of the molecule is CCCCN1CCN(C(=O)C2CCCN(c3ncccc3-c3noc(CC)n3)C2)CC1. The Labute approximate surface area is 184 Å². The van der Waals surface area contributed by atoms with E-state index in [9.17, 15) is 4.79 Å². The van der Waals surface area contributed by atoms with E-state index in [1.807, 2.05) is 19.1 Å². The maximum Gasteiger partial charge on any atom is 0.227 e. The fraction of sp³-hybridized carbons (Fsp3) is 0.652. The van der Waals surface area contributed by atoms with E-state index in [0.717, 1.165) is 63.5 Å². The van der Waals surface area contributed by atoms with Crippen molar-refractivity contribution in [3.8, 4) is 11.4 Å². The van der Waals surface area contributed by atoms with Crippen LogP contribution < -0.4 is 4.90 Å². The van der Waals surface area contributed by atoms with Gasteiger partial charge in [-0.2, -0.15) is 4.98 Å². The highest BCUT2D eigenvalue weighted by Crippen LogP contribution is 2.30. The number of piperazine rings is 1. The molecule has 2 aromatic heterocycles. The number of rotatable bonds is 7. The summed E-state index contributed by atoms with van der Waals surface area (Å²) in [5.41, 5.74) is 0.864. The zero-order valence-corrected chi connectivity index (χ0v) is 18.8. The number of amides is 1. The van der Waals surface area contributed by atoms with Gasteiger partial charge in [0.25, 0.3) is 0 Å². The summed E-state index contributed by atoms with van der Waals surface area (Å²) in [6.07, 6.45) is 6.87. The van der Waals surface area contributed by atoms with Crippen LogP contribution in [0.3, 0.4) is 0 Å². The van der Waals surface area contributed by atoms with Crippen molar-refractivity contribution in [1.29, 1.82) is 0 Å². The summed E-state index contributed by atoms with van der Waals surface area (Å²) in [5.74, 6) is 2.34. The average Bonchev–Trinajstić information content (AvgIpc) is 3.32. The minimum absolute atomic E-state index is 0.0160. The summed E-state index contributed by atoms with van der Waals surface area (Å²) in [7, 11) is 0. The molecule has 0 radical (unpaired) electrons. The van der Waals surface area contributed by atoms with Crippen LogP contribution in [0, 0.1) is 5.92 Å². The van der Waals surface area contributed by atoms with Crippen LogP contribution in [-0.4, -0.2) is 76.6 Å². The van der Waals surface area contributed by atoms with Crippen LogP contribution in [0.25, 0.3) is 11.4 Å². The molecule has 2 aromatic rings. The summed E-state index contributed by atoms with van der Waals surface area (Å²) in [6, 6.07) is 3.87. The molecule has 2 aliphatic heterocycles. The van der Waals surface area contributed by atoms with Gasteiger partial charge < -0.3 is 14.3 Å². The van der Waals surface area contributed by atoms with Crippen molar-refractivity contribution in [3.05, 3.63) is 24.2 Å². The monoisotopic (exact) mass is 426 g/mol. The van der Waals surface area contributed by atoms with E-state index >= 15 is 0 Å². The summed E-state index contributed by atoms with van der Waals surface area (Å²) in [5, 5.41) is 4.14. The molecule has 1 atom stereocenters. The summed E-state index contributed by atoms with van der Waals surface area (Å²) in [6.45, 7) is 10.6. The molecule has 0 saturated carbocycles. The smallest absolute Gasteiger partial charge is 0.227 e. The first-order valence-corrected chi connectivity index (χ1v) is 11.7. The van der Waals surface area contributed by atoms with Crippen LogP contribution in [0.5, 0.6) is 0 Å². The second kappa shape index (κ2) is 10.2. The Bertz CT molecular complexity index is 861. The standard InChI is InChI=1S/C23H34N6O2/c1-3-5-11-27-13-15-28(16-14-27)23(30)18-8-7-12-29(17-18)22-19(9-6-10-24-22)21-25-20(4-2)31-26-21/h6,9-10,18H,3-5,7-8,11-17H2,1-2H3. The fourth-order valence-electron chi connectivity index (χ4n) is 4.53. The molecule has 0 spiro atoms. The molecule has 4 heterocycles. The van der Waals surface area contributed by atoms with Crippen LogP contribution in [0.1, 0.15) is 45.4 Å². The van der Waals surface area contributed by atoms with E-state index in [1.165, 1.54) is 12.8 Å². The topological polar surface area (TPSA) is 78.6 Å². The number of piperidine rings is 1. The molecule has 2 saturated heterocycles. The predicted octanol–water partition coefficient (Wildman–Crippen LogP) is 2.85. The van der Waals surface area contributed by atoms with Crippen LogP contribution in [0.15, 0.2) is 22.9 Å². The van der Waals surface area contributed by atoms with Crippen molar-refractivity contribution in [2.24, 2.45) is 5.92 Å². The first kappa shape index (κ1) is 21.7. The number of anilines is 1. The second-order valence-corrected chi connectivity index (χ2v) is 8.55. The highest BCUT2D eigenvalue weighted by molar-refractivity contribution is 5.80. The molecule has 2 fully saturated rings. The van der Waals surface area contributed by atoms with E-state index in [4.69, 9.17) is 4.52 Å². The third-order valence-corrected chi connectivity index (χ3v) is 6.38. The summed E-state index contributed by atoms with van der Waals surface area (Å²) in [4.78, 5) is 29.2. The number of unbranched alkanes of at least 4 members (excludes halogenated alkanes) is 1. The number of aromatic nitrogens is 3. The first-order valence-electron chi connectivity index (χ1n) is 11.7. The highest BCUT2D eigenvalue weighted by atomic mass is 16.5. The second-order valence-electron chi connectivity index (χ2n) is 8.55. The van der Waals surface area contributed by atoms with E-state index in [0.29, 0.717) is 30.6 Å². The molecule has 0 aromatic carbocycles. The van der Waals surface area contributed by atoms with E-state index in [-0.39, 0.29) is 5.92 Å². The molecule has 1 amide bonds. The number of carbonyl (C=O) groups is 1. The van der Waals surface area contributed by atoms with Gasteiger partial charge in [-0.1, -0.05) is 25.4 Å². The Morgan fingerprint density at radius 3 is 2.77 bits per heavy atom. The van der Waals surface area contributed by atoms with Crippen molar-refractivity contribution in [3.63, 3.8) is 0 Å². The summed E-state index contributed by atoms with van der Waals surface area (Å²) < 4.78 is 5.31. The number of hydrogen-bond donors (Lipinski definition) is 0. The van der Waals surface area contributed by atoms with Crippen LogP contribution in [-0.2, 0) is 11.2 Å². The van der Waals surface area contributed by atoms with Gasteiger partial charge in [0.1, 0.15) is 5.82 Å². The molecule has 8 nitrogen and oxygen atoms in total. The van der Waals surface area contributed by atoms with E-state index < -0.39 is 0 Å². The Hall–Kier alpha value is -2.48. The molecule has 0 aliphatic carbocycles. The van der Waals surface area contributed by atoms with Gasteiger partial charge in [0.15, 0.2) is 0 Å². The maximum atomic E-state index is 13.3. The normalized spacial score (nSPS) is 20.3. The van der Waals surface area contributed by atoms with Crippen molar-refractivity contribution in [1.82, 2.24) is 24.9 Å². The Kier molecular flexibility index (Phi) is 7.17. The molecule has 1 unspecified atom stereocenters.